The fourth-order valence-electron chi connectivity index (χ4n) is 3.39. The van der Waals surface area contributed by atoms with Crippen molar-refractivity contribution in [3.05, 3.63) is 89.5 Å². The first-order chi connectivity index (χ1) is 15.5. The summed E-state index contributed by atoms with van der Waals surface area (Å²) < 4.78 is 0. The van der Waals surface area contributed by atoms with Gasteiger partial charge in [0.05, 0.1) is 22.2 Å². The van der Waals surface area contributed by atoms with Crippen LogP contribution in [-0.4, -0.2) is 29.5 Å². The fraction of sp³-hybridized carbons (Fsp3) is 0.160. The number of hydrogen-bond donors (Lipinski definition) is 3. The highest BCUT2D eigenvalue weighted by molar-refractivity contribution is 8.00. The van der Waals surface area contributed by atoms with Gasteiger partial charge in [0.1, 0.15) is 0 Å². The van der Waals surface area contributed by atoms with Crippen molar-refractivity contribution >= 4 is 40.9 Å². The molecular formula is C25H23N3O3S. The molecule has 7 heteroatoms. The maximum absolute atomic E-state index is 12.9. The molecule has 0 radical (unpaired) electrons. The molecule has 3 N–H and O–H groups in total. The zero-order valence-corrected chi connectivity index (χ0v) is 18.4. The van der Waals surface area contributed by atoms with Crippen LogP contribution in [-0.2, 0) is 11.2 Å². The second-order valence-electron chi connectivity index (χ2n) is 7.45. The lowest BCUT2D eigenvalue weighted by Crippen LogP contribution is -2.27. The van der Waals surface area contributed by atoms with E-state index in [1.807, 2.05) is 43.3 Å². The number of benzene rings is 3. The minimum absolute atomic E-state index is 0.0856. The summed E-state index contributed by atoms with van der Waals surface area (Å²) in [4.78, 5) is 38.4. The van der Waals surface area contributed by atoms with Gasteiger partial charge in [-0.05, 0) is 49.2 Å². The summed E-state index contributed by atoms with van der Waals surface area (Å²) in [5.74, 6) is -0.687. The van der Waals surface area contributed by atoms with Crippen LogP contribution in [0.15, 0.2) is 77.7 Å². The van der Waals surface area contributed by atoms with Crippen LogP contribution in [0.2, 0.25) is 0 Å². The highest BCUT2D eigenvalue weighted by atomic mass is 32.2. The van der Waals surface area contributed by atoms with Gasteiger partial charge in [0, 0.05) is 17.0 Å². The second kappa shape index (κ2) is 9.70. The Morgan fingerprint density at radius 3 is 2.53 bits per heavy atom. The van der Waals surface area contributed by atoms with Gasteiger partial charge >= 0.3 is 0 Å². The minimum atomic E-state index is -0.352. The highest BCUT2D eigenvalue weighted by Crippen LogP contribution is 2.36. The Bertz CT molecular complexity index is 1160. The van der Waals surface area contributed by atoms with Gasteiger partial charge in [-0.2, -0.15) is 0 Å². The van der Waals surface area contributed by atoms with Crippen molar-refractivity contribution in [3.8, 4) is 0 Å². The Labute approximate surface area is 190 Å². The zero-order valence-electron chi connectivity index (χ0n) is 17.6. The molecule has 32 heavy (non-hydrogen) atoms. The molecule has 0 bridgehead atoms. The van der Waals surface area contributed by atoms with Gasteiger partial charge in [-0.25, -0.2) is 0 Å². The molecule has 1 aliphatic rings. The van der Waals surface area contributed by atoms with E-state index in [0.717, 1.165) is 16.9 Å². The second-order valence-corrected chi connectivity index (χ2v) is 8.83. The van der Waals surface area contributed by atoms with Gasteiger partial charge in [-0.3, -0.25) is 14.4 Å². The topological polar surface area (TPSA) is 87.3 Å². The summed E-state index contributed by atoms with van der Waals surface area (Å²) in [6, 6.07) is 22.0. The largest absolute Gasteiger partial charge is 0.352 e. The molecule has 0 saturated heterocycles. The van der Waals surface area contributed by atoms with Gasteiger partial charge in [0.25, 0.3) is 11.8 Å². The van der Waals surface area contributed by atoms with Crippen LogP contribution in [0.1, 0.15) is 33.2 Å². The summed E-state index contributed by atoms with van der Waals surface area (Å²) in [5.41, 5.74) is 2.99. The van der Waals surface area contributed by atoms with Crippen LogP contribution >= 0.6 is 11.8 Å². The number of thioether (sulfide) groups is 1. The average Bonchev–Trinajstić information content (AvgIpc) is 2.80. The molecule has 0 aliphatic carbocycles. The number of nitrogens with one attached hydrogen (secondary N) is 3. The molecule has 0 aromatic heterocycles. The van der Waals surface area contributed by atoms with E-state index in [1.165, 1.54) is 11.8 Å². The first-order valence-corrected chi connectivity index (χ1v) is 11.2. The number of hydrogen-bond acceptors (Lipinski definition) is 4. The van der Waals surface area contributed by atoms with Gasteiger partial charge < -0.3 is 16.0 Å². The van der Waals surface area contributed by atoms with E-state index in [9.17, 15) is 14.4 Å². The maximum Gasteiger partial charge on any atom is 0.255 e. The van der Waals surface area contributed by atoms with Crippen LogP contribution in [0.3, 0.4) is 0 Å². The van der Waals surface area contributed by atoms with Crippen molar-refractivity contribution in [2.45, 2.75) is 23.5 Å². The van der Waals surface area contributed by atoms with E-state index in [1.54, 1.807) is 36.4 Å². The Kier molecular flexibility index (Phi) is 6.56. The summed E-state index contributed by atoms with van der Waals surface area (Å²) >= 11 is 1.46. The molecule has 3 aromatic carbocycles. The predicted molar refractivity (Wildman–Crippen MR) is 127 cm³/mol. The predicted octanol–water partition coefficient (Wildman–Crippen LogP) is 4.34. The lowest BCUT2D eigenvalue weighted by molar-refractivity contribution is -0.115. The standard InChI is InChI=1S/C25H23N3O3S/c1-16-23(29)28-21-15-18(11-12-22(21)32-16)24(30)27-20-10-6-5-9-19(20)25(31)26-14-13-17-7-3-2-4-8-17/h2-12,15-16H,13-14H2,1H3,(H,26,31)(H,27,30)(H,28,29). The molecular weight excluding hydrogens is 422 g/mol. The first-order valence-electron chi connectivity index (χ1n) is 10.4. The van der Waals surface area contributed by atoms with Crippen molar-refractivity contribution < 1.29 is 14.4 Å². The van der Waals surface area contributed by atoms with Crippen molar-refractivity contribution in [2.24, 2.45) is 0 Å². The maximum atomic E-state index is 12.9. The molecule has 1 heterocycles. The zero-order chi connectivity index (χ0) is 22.5. The van der Waals surface area contributed by atoms with E-state index in [-0.39, 0.29) is 23.0 Å². The first kappa shape index (κ1) is 21.6. The molecule has 162 valence electrons. The van der Waals surface area contributed by atoms with Gasteiger partial charge in [0.15, 0.2) is 0 Å². The number of para-hydroxylation sites is 1. The van der Waals surface area contributed by atoms with Crippen LogP contribution in [0, 0.1) is 0 Å². The van der Waals surface area contributed by atoms with E-state index >= 15 is 0 Å². The third-order valence-electron chi connectivity index (χ3n) is 5.13. The number of anilines is 2. The summed E-state index contributed by atoms with van der Waals surface area (Å²) in [6.07, 6.45) is 0.721. The smallest absolute Gasteiger partial charge is 0.255 e. The summed E-state index contributed by atoms with van der Waals surface area (Å²) in [7, 11) is 0. The summed E-state index contributed by atoms with van der Waals surface area (Å²) in [6.45, 7) is 2.33. The number of carbonyl (C=O) groups is 3. The van der Waals surface area contributed by atoms with E-state index < -0.39 is 0 Å². The van der Waals surface area contributed by atoms with Crippen molar-refractivity contribution in [3.63, 3.8) is 0 Å². The van der Waals surface area contributed by atoms with Crippen molar-refractivity contribution in [2.75, 3.05) is 17.2 Å². The molecule has 4 rings (SSSR count). The Hall–Kier alpha value is -3.58. The molecule has 3 amide bonds. The molecule has 1 unspecified atom stereocenters. The van der Waals surface area contributed by atoms with E-state index in [2.05, 4.69) is 16.0 Å². The number of rotatable bonds is 6. The molecule has 6 nitrogen and oxygen atoms in total. The molecule has 0 saturated carbocycles. The van der Waals surface area contributed by atoms with Crippen LogP contribution in [0.5, 0.6) is 0 Å². The Morgan fingerprint density at radius 2 is 1.72 bits per heavy atom. The number of carbonyl (C=O) groups excluding carboxylic acids is 3. The van der Waals surface area contributed by atoms with E-state index in [4.69, 9.17) is 0 Å². The lowest BCUT2D eigenvalue weighted by Gasteiger charge is -2.21. The Morgan fingerprint density at radius 1 is 0.969 bits per heavy atom. The third kappa shape index (κ3) is 5.00. The number of fused-ring (bicyclic) bond motifs is 1. The molecule has 0 spiro atoms. The van der Waals surface area contributed by atoms with Crippen LogP contribution in [0.25, 0.3) is 0 Å². The quantitative estimate of drug-likeness (QED) is 0.527. The highest BCUT2D eigenvalue weighted by Gasteiger charge is 2.24. The van der Waals surface area contributed by atoms with Gasteiger partial charge in [-0.15, -0.1) is 11.8 Å². The SMILES string of the molecule is CC1Sc2ccc(C(=O)Nc3ccccc3C(=O)NCCc3ccccc3)cc2NC1=O. The minimum Gasteiger partial charge on any atom is -0.352 e. The third-order valence-corrected chi connectivity index (χ3v) is 6.31. The van der Waals surface area contributed by atoms with E-state index in [0.29, 0.717) is 29.0 Å². The van der Waals surface area contributed by atoms with Crippen molar-refractivity contribution in [1.29, 1.82) is 0 Å². The number of amides is 3. The van der Waals surface area contributed by atoms with Gasteiger partial charge in [-0.1, -0.05) is 42.5 Å². The average molecular weight is 446 g/mol. The molecule has 3 aromatic rings. The van der Waals surface area contributed by atoms with Crippen LogP contribution < -0.4 is 16.0 Å². The monoisotopic (exact) mass is 445 g/mol. The molecule has 0 fully saturated rings. The Balaban J connectivity index is 1.43. The lowest BCUT2D eigenvalue weighted by atomic mass is 10.1. The normalized spacial score (nSPS) is 14.8. The van der Waals surface area contributed by atoms with Crippen molar-refractivity contribution in [1.82, 2.24) is 5.32 Å². The summed E-state index contributed by atoms with van der Waals surface area (Å²) in [5, 5.41) is 8.39. The van der Waals surface area contributed by atoms with Crippen LogP contribution in [0.4, 0.5) is 11.4 Å². The molecule has 1 atom stereocenters. The fourth-order valence-corrected chi connectivity index (χ4v) is 4.33. The van der Waals surface area contributed by atoms with Gasteiger partial charge in [0.2, 0.25) is 5.91 Å². The molecule has 1 aliphatic heterocycles.